The maximum absolute atomic E-state index is 13.9. The molecule has 0 aliphatic carbocycles. The lowest BCUT2D eigenvalue weighted by molar-refractivity contribution is 0.0658. The summed E-state index contributed by atoms with van der Waals surface area (Å²) in [4.78, 5) is 25.4. The van der Waals surface area contributed by atoms with Gasteiger partial charge < -0.3 is 20.3 Å². The molecule has 0 spiro atoms. The fraction of sp³-hybridized carbons (Fsp3) is 0.292. The number of aromatic nitrogens is 2. The van der Waals surface area contributed by atoms with Gasteiger partial charge in [0.25, 0.3) is 5.91 Å². The Bertz CT molecular complexity index is 1220. The Balaban J connectivity index is 1.58. The van der Waals surface area contributed by atoms with Crippen molar-refractivity contribution in [2.75, 3.05) is 39.0 Å². The smallest absolute Gasteiger partial charge is 0.272 e. The monoisotopic (exact) mass is 503 g/mol. The van der Waals surface area contributed by atoms with Gasteiger partial charge in [0, 0.05) is 48.5 Å². The summed E-state index contributed by atoms with van der Waals surface area (Å²) in [5, 5.41) is 0.218. The minimum absolute atomic E-state index is 0.0851. The van der Waals surface area contributed by atoms with E-state index < -0.39 is 11.9 Å². The van der Waals surface area contributed by atoms with Crippen molar-refractivity contribution in [2.24, 2.45) is 0 Å². The van der Waals surface area contributed by atoms with Crippen molar-refractivity contribution in [1.29, 1.82) is 0 Å². The van der Waals surface area contributed by atoms with Gasteiger partial charge in [-0.1, -0.05) is 23.2 Å². The number of amides is 1. The van der Waals surface area contributed by atoms with Gasteiger partial charge in [0.15, 0.2) is 0 Å². The SMILES string of the molecule is CC(Oc1cncc(-c2cc(N)nc(C(=O)N3CCN(C)CC3)c2)c1)c1c(Cl)ccc(F)c1Cl. The Hall–Kier alpha value is -2.94. The van der Waals surface area contributed by atoms with E-state index in [0.717, 1.165) is 13.1 Å². The van der Waals surface area contributed by atoms with Crippen LogP contribution in [0.2, 0.25) is 10.0 Å². The molecule has 178 valence electrons. The standard InChI is InChI=1S/C24H24Cl2FN5O2/c1-14(22-18(25)3-4-19(27)23(22)26)34-17-9-16(12-29-13-17)15-10-20(30-21(28)11-15)24(33)32-7-5-31(2)6-8-32/h3-4,9-14H,5-8H2,1-2H3,(H2,28,30). The van der Waals surface area contributed by atoms with Crippen LogP contribution in [0.5, 0.6) is 5.75 Å². The van der Waals surface area contributed by atoms with Crippen LogP contribution in [0.15, 0.2) is 42.7 Å². The number of pyridine rings is 2. The molecule has 0 radical (unpaired) electrons. The fourth-order valence-corrected chi connectivity index (χ4v) is 4.50. The van der Waals surface area contributed by atoms with Crippen LogP contribution < -0.4 is 10.5 Å². The molecule has 3 aromatic rings. The zero-order valence-electron chi connectivity index (χ0n) is 18.8. The van der Waals surface area contributed by atoms with Crippen LogP contribution in [0.3, 0.4) is 0 Å². The average Bonchev–Trinajstić information content (AvgIpc) is 2.81. The van der Waals surface area contributed by atoms with Gasteiger partial charge >= 0.3 is 0 Å². The maximum atomic E-state index is 13.9. The predicted octanol–water partition coefficient (Wildman–Crippen LogP) is 4.70. The first-order valence-electron chi connectivity index (χ1n) is 10.7. The number of benzene rings is 1. The van der Waals surface area contributed by atoms with Crippen LogP contribution in [0, 0.1) is 5.82 Å². The van der Waals surface area contributed by atoms with Crippen molar-refractivity contribution in [3.05, 3.63) is 69.8 Å². The van der Waals surface area contributed by atoms with E-state index in [2.05, 4.69) is 14.9 Å². The van der Waals surface area contributed by atoms with Crippen LogP contribution in [0.1, 0.15) is 29.1 Å². The number of likely N-dealkylation sites (N-methyl/N-ethyl adjacent to an activating group) is 1. The second-order valence-electron chi connectivity index (χ2n) is 8.19. The minimum atomic E-state index is -0.635. The molecule has 1 aromatic carbocycles. The molecule has 34 heavy (non-hydrogen) atoms. The van der Waals surface area contributed by atoms with E-state index >= 15 is 0 Å². The number of carbonyl (C=O) groups excluding carboxylic acids is 1. The van der Waals surface area contributed by atoms with E-state index in [1.54, 1.807) is 36.2 Å². The molecule has 1 unspecified atom stereocenters. The molecule has 1 amide bonds. The van der Waals surface area contributed by atoms with E-state index in [9.17, 15) is 9.18 Å². The molecule has 1 aliphatic rings. The largest absolute Gasteiger partial charge is 0.484 e. The average molecular weight is 504 g/mol. The topological polar surface area (TPSA) is 84.6 Å². The number of hydrogen-bond acceptors (Lipinski definition) is 6. The Labute approximate surface area is 207 Å². The molecule has 1 atom stereocenters. The number of piperazine rings is 1. The molecular weight excluding hydrogens is 480 g/mol. The number of carbonyl (C=O) groups is 1. The van der Waals surface area contributed by atoms with Crippen molar-refractivity contribution in [3.8, 4) is 16.9 Å². The predicted molar refractivity (Wildman–Crippen MR) is 131 cm³/mol. The third kappa shape index (κ3) is 5.24. The molecule has 1 saturated heterocycles. The van der Waals surface area contributed by atoms with Crippen LogP contribution in [-0.2, 0) is 0 Å². The maximum Gasteiger partial charge on any atom is 0.272 e. The molecule has 7 nitrogen and oxygen atoms in total. The number of rotatable bonds is 5. The lowest BCUT2D eigenvalue weighted by Gasteiger charge is -2.32. The minimum Gasteiger partial charge on any atom is -0.484 e. The normalized spacial score (nSPS) is 15.3. The first kappa shape index (κ1) is 24.2. The van der Waals surface area contributed by atoms with E-state index in [1.807, 2.05) is 7.05 Å². The van der Waals surface area contributed by atoms with Gasteiger partial charge in [-0.05, 0) is 49.9 Å². The van der Waals surface area contributed by atoms with Crippen LogP contribution in [0.4, 0.5) is 10.2 Å². The summed E-state index contributed by atoms with van der Waals surface area (Å²) < 4.78 is 19.9. The molecule has 2 aromatic heterocycles. The Kier molecular flexibility index (Phi) is 7.21. The van der Waals surface area contributed by atoms with Gasteiger partial charge in [-0.15, -0.1) is 0 Å². The lowest BCUT2D eigenvalue weighted by atomic mass is 10.1. The number of hydrogen-bond donors (Lipinski definition) is 1. The molecule has 1 aliphatic heterocycles. The first-order valence-corrected chi connectivity index (χ1v) is 11.5. The molecule has 0 saturated carbocycles. The Morgan fingerprint density at radius 2 is 1.85 bits per heavy atom. The second kappa shape index (κ2) is 10.1. The summed E-state index contributed by atoms with van der Waals surface area (Å²) in [6.45, 7) is 4.60. The van der Waals surface area contributed by atoms with Gasteiger partial charge in [0.05, 0.1) is 11.2 Å². The Morgan fingerprint density at radius 3 is 2.59 bits per heavy atom. The second-order valence-corrected chi connectivity index (χ2v) is 8.97. The van der Waals surface area contributed by atoms with Gasteiger partial charge in [0.1, 0.15) is 29.2 Å². The van der Waals surface area contributed by atoms with Gasteiger partial charge in [-0.25, -0.2) is 9.37 Å². The number of halogens is 3. The van der Waals surface area contributed by atoms with Crippen molar-refractivity contribution >= 4 is 34.9 Å². The summed E-state index contributed by atoms with van der Waals surface area (Å²) >= 11 is 12.3. The fourth-order valence-electron chi connectivity index (χ4n) is 3.82. The summed E-state index contributed by atoms with van der Waals surface area (Å²) in [6, 6.07) is 7.76. The van der Waals surface area contributed by atoms with Crippen LogP contribution in [0.25, 0.3) is 11.1 Å². The van der Waals surface area contributed by atoms with E-state index in [-0.39, 0.29) is 22.4 Å². The van der Waals surface area contributed by atoms with Crippen molar-refractivity contribution in [2.45, 2.75) is 13.0 Å². The number of nitrogens with zero attached hydrogens (tertiary/aromatic N) is 4. The molecule has 4 rings (SSSR count). The summed E-state index contributed by atoms with van der Waals surface area (Å²) in [6.07, 6.45) is 2.53. The number of anilines is 1. The molecule has 10 heteroatoms. The third-order valence-corrected chi connectivity index (χ3v) is 6.41. The molecule has 0 bridgehead atoms. The summed E-state index contributed by atoms with van der Waals surface area (Å²) in [7, 11) is 2.03. The number of nitrogen functional groups attached to an aromatic ring is 1. The summed E-state index contributed by atoms with van der Waals surface area (Å²) in [5.41, 5.74) is 8.01. The van der Waals surface area contributed by atoms with Crippen LogP contribution in [-0.4, -0.2) is 58.9 Å². The highest BCUT2D eigenvalue weighted by molar-refractivity contribution is 6.36. The van der Waals surface area contributed by atoms with Gasteiger partial charge in [-0.2, -0.15) is 0 Å². The zero-order chi connectivity index (χ0) is 24.4. The van der Waals surface area contributed by atoms with Gasteiger partial charge in [-0.3, -0.25) is 9.78 Å². The van der Waals surface area contributed by atoms with Crippen molar-refractivity contribution < 1.29 is 13.9 Å². The Morgan fingerprint density at radius 1 is 1.12 bits per heavy atom. The van der Waals surface area contributed by atoms with Gasteiger partial charge in [0.2, 0.25) is 0 Å². The van der Waals surface area contributed by atoms with Crippen LogP contribution >= 0.6 is 23.2 Å². The third-order valence-electron chi connectivity index (χ3n) is 5.70. The first-order chi connectivity index (χ1) is 16.2. The lowest BCUT2D eigenvalue weighted by Crippen LogP contribution is -2.47. The molecule has 3 heterocycles. The quantitative estimate of drug-likeness (QED) is 0.508. The zero-order valence-corrected chi connectivity index (χ0v) is 20.3. The highest BCUT2D eigenvalue weighted by atomic mass is 35.5. The van der Waals surface area contributed by atoms with Crippen molar-refractivity contribution in [1.82, 2.24) is 19.8 Å². The highest BCUT2D eigenvalue weighted by Gasteiger charge is 2.23. The molecule has 2 N–H and O–H groups in total. The van der Waals surface area contributed by atoms with E-state index in [1.165, 1.54) is 18.3 Å². The number of nitrogens with two attached hydrogens (primary N) is 1. The van der Waals surface area contributed by atoms with E-state index in [4.69, 9.17) is 33.7 Å². The van der Waals surface area contributed by atoms with Crippen molar-refractivity contribution in [3.63, 3.8) is 0 Å². The molecular formula is C24H24Cl2FN5O2. The van der Waals surface area contributed by atoms with E-state index in [0.29, 0.717) is 40.6 Å². The highest BCUT2D eigenvalue weighted by Crippen LogP contribution is 2.35. The number of ether oxygens (including phenoxy) is 1. The molecule has 1 fully saturated rings. The summed E-state index contributed by atoms with van der Waals surface area (Å²) in [5.74, 6) is -0.0871.